The molecule has 0 saturated carbocycles. The Bertz CT molecular complexity index is 717. The zero-order valence-electron chi connectivity index (χ0n) is 11.6. The Hall–Kier alpha value is -1.96. The molecule has 6 nitrogen and oxygen atoms in total. The highest BCUT2D eigenvalue weighted by molar-refractivity contribution is 7.92. The van der Waals surface area contributed by atoms with Gasteiger partial charge in [-0.25, -0.2) is 8.42 Å². The van der Waals surface area contributed by atoms with E-state index in [2.05, 4.69) is 9.71 Å². The molecular formula is C14H17N3O3S. The zero-order chi connectivity index (χ0) is 15.3. The van der Waals surface area contributed by atoms with Crippen molar-refractivity contribution >= 4 is 15.7 Å². The Labute approximate surface area is 124 Å². The highest BCUT2D eigenvalue weighted by Crippen LogP contribution is 2.21. The summed E-state index contributed by atoms with van der Waals surface area (Å²) in [4.78, 5) is 4.08. The molecule has 7 heteroatoms. The zero-order valence-corrected chi connectivity index (χ0v) is 12.4. The Morgan fingerprint density at radius 1 is 1.24 bits per heavy atom. The van der Waals surface area contributed by atoms with Gasteiger partial charge in [0.1, 0.15) is 4.90 Å². The van der Waals surface area contributed by atoms with E-state index in [1.165, 1.54) is 12.3 Å². The molecule has 0 radical (unpaired) electrons. The van der Waals surface area contributed by atoms with E-state index in [0.717, 1.165) is 5.56 Å². The van der Waals surface area contributed by atoms with Crippen LogP contribution in [-0.4, -0.2) is 20.5 Å². The molecule has 0 atom stereocenters. The summed E-state index contributed by atoms with van der Waals surface area (Å²) >= 11 is 0. The van der Waals surface area contributed by atoms with Gasteiger partial charge < -0.3 is 10.5 Å². The van der Waals surface area contributed by atoms with Gasteiger partial charge in [0.2, 0.25) is 0 Å². The van der Waals surface area contributed by atoms with E-state index in [0.29, 0.717) is 18.0 Å². The molecule has 3 N–H and O–H groups in total. The van der Waals surface area contributed by atoms with Crippen molar-refractivity contribution in [2.75, 3.05) is 11.8 Å². The second kappa shape index (κ2) is 6.66. The van der Waals surface area contributed by atoms with Gasteiger partial charge in [-0.3, -0.25) is 9.71 Å². The molecule has 0 spiro atoms. The first-order chi connectivity index (χ1) is 10.1. The van der Waals surface area contributed by atoms with Crippen LogP contribution in [0.25, 0.3) is 0 Å². The van der Waals surface area contributed by atoms with Crippen molar-refractivity contribution in [2.45, 2.75) is 18.0 Å². The minimum absolute atomic E-state index is 0.0524. The van der Waals surface area contributed by atoms with Crippen LogP contribution in [0.4, 0.5) is 5.69 Å². The quantitative estimate of drug-likeness (QED) is 0.843. The van der Waals surface area contributed by atoms with Crippen LogP contribution in [0.5, 0.6) is 0 Å². The maximum absolute atomic E-state index is 12.5. The molecule has 1 aromatic carbocycles. The molecule has 1 aromatic heterocycles. The molecule has 2 aromatic rings. The number of benzene rings is 1. The van der Waals surface area contributed by atoms with Gasteiger partial charge in [0, 0.05) is 25.4 Å². The van der Waals surface area contributed by atoms with Gasteiger partial charge >= 0.3 is 0 Å². The van der Waals surface area contributed by atoms with Crippen molar-refractivity contribution in [2.24, 2.45) is 5.73 Å². The summed E-state index contributed by atoms with van der Waals surface area (Å²) in [6.07, 6.45) is 1.51. The number of hydrogen-bond donors (Lipinski definition) is 2. The van der Waals surface area contributed by atoms with Crippen molar-refractivity contribution in [3.05, 3.63) is 53.9 Å². The number of sulfonamides is 1. The van der Waals surface area contributed by atoms with Crippen LogP contribution < -0.4 is 10.5 Å². The Balaban J connectivity index is 2.38. The summed E-state index contributed by atoms with van der Waals surface area (Å²) in [5, 5.41) is 0. The highest BCUT2D eigenvalue weighted by atomic mass is 32.2. The average molecular weight is 307 g/mol. The number of aromatic nitrogens is 1. The van der Waals surface area contributed by atoms with Gasteiger partial charge in [-0.05, 0) is 18.2 Å². The number of nitrogens with zero attached hydrogens (tertiary/aromatic N) is 1. The van der Waals surface area contributed by atoms with Crippen LogP contribution in [-0.2, 0) is 27.9 Å². The number of hydrogen-bond acceptors (Lipinski definition) is 5. The first-order valence-corrected chi connectivity index (χ1v) is 7.80. The standard InChI is InChI=1S/C14H17N3O3S/c1-20-10-11-5-2-3-6-12(11)17-21(18,19)14-7-4-8-16-13(14)9-15/h2-8,17H,9-10,15H2,1H3. The van der Waals surface area contributed by atoms with E-state index in [9.17, 15) is 8.42 Å². The SMILES string of the molecule is COCc1ccccc1NS(=O)(=O)c1cccnc1CN. The predicted octanol–water partition coefficient (Wildman–Crippen LogP) is 1.49. The van der Waals surface area contributed by atoms with E-state index in [-0.39, 0.29) is 11.4 Å². The molecule has 0 saturated heterocycles. The fourth-order valence-electron chi connectivity index (χ4n) is 1.92. The lowest BCUT2D eigenvalue weighted by molar-refractivity contribution is 0.185. The lowest BCUT2D eigenvalue weighted by Crippen LogP contribution is -2.18. The number of pyridine rings is 1. The second-order valence-corrected chi connectivity index (χ2v) is 6.00. The molecule has 0 unspecified atom stereocenters. The number of nitrogens with two attached hydrogens (primary N) is 1. The molecule has 21 heavy (non-hydrogen) atoms. The summed E-state index contributed by atoms with van der Waals surface area (Å²) in [5.74, 6) is 0. The van der Waals surface area contributed by atoms with Crippen molar-refractivity contribution in [3.63, 3.8) is 0 Å². The lowest BCUT2D eigenvalue weighted by Gasteiger charge is -2.13. The molecule has 0 amide bonds. The van der Waals surface area contributed by atoms with E-state index in [4.69, 9.17) is 10.5 Å². The van der Waals surface area contributed by atoms with Crippen molar-refractivity contribution < 1.29 is 13.2 Å². The first kappa shape index (κ1) is 15.4. The monoisotopic (exact) mass is 307 g/mol. The highest BCUT2D eigenvalue weighted by Gasteiger charge is 2.19. The van der Waals surface area contributed by atoms with Crippen LogP contribution in [0.1, 0.15) is 11.3 Å². The third-order valence-electron chi connectivity index (χ3n) is 2.89. The Kier molecular flexibility index (Phi) is 4.89. The lowest BCUT2D eigenvalue weighted by atomic mass is 10.2. The first-order valence-electron chi connectivity index (χ1n) is 6.32. The van der Waals surface area contributed by atoms with E-state index < -0.39 is 10.0 Å². The summed E-state index contributed by atoms with van der Waals surface area (Å²) in [5.41, 5.74) is 7.10. The van der Waals surface area contributed by atoms with E-state index in [1.54, 1.807) is 31.4 Å². The molecule has 0 aliphatic carbocycles. The topological polar surface area (TPSA) is 94.3 Å². The van der Waals surface area contributed by atoms with Crippen LogP contribution in [0.2, 0.25) is 0 Å². The van der Waals surface area contributed by atoms with Crippen LogP contribution in [0, 0.1) is 0 Å². The number of nitrogens with one attached hydrogen (secondary N) is 1. The second-order valence-electron chi connectivity index (χ2n) is 4.35. The van der Waals surface area contributed by atoms with Gasteiger partial charge in [-0.1, -0.05) is 18.2 Å². The van der Waals surface area contributed by atoms with Gasteiger partial charge in [0.05, 0.1) is 18.0 Å². The normalized spacial score (nSPS) is 11.3. The summed E-state index contributed by atoms with van der Waals surface area (Å²) in [7, 11) is -2.19. The third kappa shape index (κ3) is 3.57. The summed E-state index contributed by atoms with van der Waals surface area (Å²) in [6, 6.07) is 10.1. The molecule has 0 bridgehead atoms. The Morgan fingerprint density at radius 3 is 2.71 bits per heavy atom. The van der Waals surface area contributed by atoms with Gasteiger partial charge in [-0.2, -0.15) is 0 Å². The van der Waals surface area contributed by atoms with Gasteiger partial charge in [0.15, 0.2) is 0 Å². The molecule has 1 heterocycles. The Morgan fingerprint density at radius 2 is 2.00 bits per heavy atom. The minimum atomic E-state index is -3.74. The number of anilines is 1. The third-order valence-corrected chi connectivity index (χ3v) is 4.33. The molecule has 112 valence electrons. The van der Waals surface area contributed by atoms with E-state index >= 15 is 0 Å². The molecule has 0 aliphatic heterocycles. The number of rotatable bonds is 6. The van der Waals surface area contributed by atoms with Crippen molar-refractivity contribution in [1.29, 1.82) is 0 Å². The number of methoxy groups -OCH3 is 1. The minimum Gasteiger partial charge on any atom is -0.380 e. The summed E-state index contributed by atoms with van der Waals surface area (Å²) < 4.78 is 32.6. The summed E-state index contributed by atoms with van der Waals surface area (Å²) in [6.45, 7) is 0.367. The number of para-hydroxylation sites is 1. The molecule has 0 aliphatic rings. The predicted molar refractivity (Wildman–Crippen MR) is 80.1 cm³/mol. The van der Waals surface area contributed by atoms with Crippen LogP contribution in [0.3, 0.4) is 0 Å². The van der Waals surface area contributed by atoms with Crippen LogP contribution >= 0.6 is 0 Å². The van der Waals surface area contributed by atoms with Crippen molar-refractivity contribution in [3.8, 4) is 0 Å². The van der Waals surface area contributed by atoms with Gasteiger partial charge in [0.25, 0.3) is 10.0 Å². The largest absolute Gasteiger partial charge is 0.380 e. The molecule has 0 fully saturated rings. The maximum atomic E-state index is 12.5. The molecule has 2 rings (SSSR count). The van der Waals surface area contributed by atoms with E-state index in [1.807, 2.05) is 6.07 Å². The fraction of sp³-hybridized carbons (Fsp3) is 0.214. The molecular weight excluding hydrogens is 290 g/mol. The smallest absolute Gasteiger partial charge is 0.263 e. The van der Waals surface area contributed by atoms with Crippen LogP contribution in [0.15, 0.2) is 47.5 Å². The maximum Gasteiger partial charge on any atom is 0.263 e. The average Bonchev–Trinajstić information content (AvgIpc) is 2.49. The van der Waals surface area contributed by atoms with Gasteiger partial charge in [-0.15, -0.1) is 0 Å². The fourth-order valence-corrected chi connectivity index (χ4v) is 3.22. The van der Waals surface area contributed by atoms with Crippen molar-refractivity contribution in [1.82, 2.24) is 4.98 Å². The number of ether oxygens (including phenoxy) is 1.